The quantitative estimate of drug-likeness (QED) is 0.699. The van der Waals surface area contributed by atoms with Crippen molar-refractivity contribution in [2.45, 2.75) is 20.4 Å². The third kappa shape index (κ3) is 5.93. The van der Waals surface area contributed by atoms with Crippen LogP contribution in [0.25, 0.3) is 0 Å². The van der Waals surface area contributed by atoms with Gasteiger partial charge in [0.1, 0.15) is 24.7 Å². The van der Waals surface area contributed by atoms with Crippen LogP contribution in [0.1, 0.15) is 16.7 Å². The van der Waals surface area contributed by atoms with Crippen LogP contribution in [0.3, 0.4) is 0 Å². The fourth-order valence-electron chi connectivity index (χ4n) is 2.29. The summed E-state index contributed by atoms with van der Waals surface area (Å²) in [6.07, 6.45) is 0. The van der Waals surface area contributed by atoms with E-state index in [0.717, 1.165) is 29.2 Å². The first-order valence-electron chi connectivity index (χ1n) is 7.92. The lowest BCUT2D eigenvalue weighted by Crippen LogP contribution is -2.17. The molecule has 0 atom stereocenters. The maximum absolute atomic E-state index is 8.73. The standard InChI is InChI=1S/C19H25NO3/c1-15-3-8-19(16(2)13-15)23-12-11-22-18-6-4-17(5-7-18)14-20-9-10-21/h3-8,13,20-21H,9-12,14H2,1-2H3. The lowest BCUT2D eigenvalue weighted by Gasteiger charge is -2.11. The normalized spacial score (nSPS) is 10.6. The highest BCUT2D eigenvalue weighted by molar-refractivity contribution is 5.35. The summed E-state index contributed by atoms with van der Waals surface area (Å²) in [5.41, 5.74) is 3.54. The number of aliphatic hydroxyl groups is 1. The predicted octanol–water partition coefficient (Wildman–Crippen LogP) is 2.84. The third-order valence-corrected chi connectivity index (χ3v) is 3.48. The van der Waals surface area contributed by atoms with Crippen LogP contribution in [-0.4, -0.2) is 31.5 Å². The van der Waals surface area contributed by atoms with Crippen molar-refractivity contribution in [1.82, 2.24) is 5.32 Å². The number of nitrogens with one attached hydrogen (secondary N) is 1. The zero-order valence-corrected chi connectivity index (χ0v) is 13.8. The van der Waals surface area contributed by atoms with Crippen LogP contribution in [0, 0.1) is 13.8 Å². The van der Waals surface area contributed by atoms with Gasteiger partial charge in [0, 0.05) is 13.1 Å². The summed E-state index contributed by atoms with van der Waals surface area (Å²) in [4.78, 5) is 0. The number of ether oxygens (including phenoxy) is 2. The SMILES string of the molecule is Cc1ccc(OCCOc2ccc(CNCCO)cc2)c(C)c1. The van der Waals surface area contributed by atoms with Crippen molar-refractivity contribution in [3.8, 4) is 11.5 Å². The van der Waals surface area contributed by atoms with E-state index in [1.807, 2.05) is 43.3 Å². The first kappa shape index (κ1) is 17.3. The van der Waals surface area contributed by atoms with E-state index in [2.05, 4.69) is 18.3 Å². The topological polar surface area (TPSA) is 50.7 Å². The van der Waals surface area contributed by atoms with Gasteiger partial charge in [-0.2, -0.15) is 0 Å². The minimum Gasteiger partial charge on any atom is -0.490 e. The minimum atomic E-state index is 0.154. The maximum atomic E-state index is 8.73. The summed E-state index contributed by atoms with van der Waals surface area (Å²) in [6, 6.07) is 14.1. The first-order chi connectivity index (χ1) is 11.2. The summed E-state index contributed by atoms with van der Waals surface area (Å²) in [6.45, 7) is 6.65. The molecular weight excluding hydrogens is 290 g/mol. The smallest absolute Gasteiger partial charge is 0.122 e. The number of rotatable bonds is 9. The summed E-state index contributed by atoms with van der Waals surface area (Å²) in [5, 5.41) is 11.9. The number of hydrogen-bond donors (Lipinski definition) is 2. The first-order valence-corrected chi connectivity index (χ1v) is 7.92. The molecule has 0 heterocycles. The second-order valence-electron chi connectivity index (χ2n) is 5.51. The molecule has 0 aromatic heterocycles. The molecule has 0 aliphatic rings. The molecule has 4 nitrogen and oxygen atoms in total. The van der Waals surface area contributed by atoms with Gasteiger partial charge >= 0.3 is 0 Å². The zero-order chi connectivity index (χ0) is 16.5. The molecule has 2 N–H and O–H groups in total. The van der Waals surface area contributed by atoms with Crippen LogP contribution in [0.15, 0.2) is 42.5 Å². The molecule has 0 amide bonds. The highest BCUT2D eigenvalue weighted by Crippen LogP contribution is 2.18. The van der Waals surface area contributed by atoms with Crippen molar-refractivity contribution >= 4 is 0 Å². The van der Waals surface area contributed by atoms with Crippen LogP contribution in [-0.2, 0) is 6.54 Å². The predicted molar refractivity (Wildman–Crippen MR) is 92.1 cm³/mol. The van der Waals surface area contributed by atoms with Crippen LogP contribution >= 0.6 is 0 Å². The van der Waals surface area contributed by atoms with Gasteiger partial charge in [-0.1, -0.05) is 29.8 Å². The molecule has 0 saturated heterocycles. The molecule has 2 aromatic rings. The van der Waals surface area contributed by atoms with Crippen molar-refractivity contribution in [3.63, 3.8) is 0 Å². The average molecular weight is 315 g/mol. The Labute approximate surface area is 138 Å². The highest BCUT2D eigenvalue weighted by Gasteiger charge is 2.00. The molecule has 0 radical (unpaired) electrons. The van der Waals surface area contributed by atoms with Crippen molar-refractivity contribution in [3.05, 3.63) is 59.2 Å². The number of benzene rings is 2. The van der Waals surface area contributed by atoms with Gasteiger partial charge in [-0.05, 0) is 43.2 Å². The molecule has 2 aromatic carbocycles. The second-order valence-corrected chi connectivity index (χ2v) is 5.51. The molecule has 0 unspecified atom stereocenters. The Morgan fingerprint density at radius 2 is 1.70 bits per heavy atom. The van der Waals surface area contributed by atoms with E-state index < -0.39 is 0 Å². The largest absolute Gasteiger partial charge is 0.490 e. The van der Waals surface area contributed by atoms with Crippen LogP contribution in [0.2, 0.25) is 0 Å². The van der Waals surface area contributed by atoms with Gasteiger partial charge in [0.15, 0.2) is 0 Å². The molecule has 4 heteroatoms. The molecule has 0 aliphatic carbocycles. The molecule has 124 valence electrons. The van der Waals surface area contributed by atoms with E-state index in [4.69, 9.17) is 14.6 Å². The number of hydrogen-bond acceptors (Lipinski definition) is 4. The van der Waals surface area contributed by atoms with E-state index in [9.17, 15) is 0 Å². The van der Waals surface area contributed by atoms with Crippen molar-refractivity contribution in [2.24, 2.45) is 0 Å². The minimum absolute atomic E-state index is 0.154. The summed E-state index contributed by atoms with van der Waals surface area (Å²) < 4.78 is 11.4. The van der Waals surface area contributed by atoms with Gasteiger partial charge in [0.25, 0.3) is 0 Å². The summed E-state index contributed by atoms with van der Waals surface area (Å²) in [5.74, 6) is 1.74. The van der Waals surface area contributed by atoms with E-state index in [0.29, 0.717) is 19.8 Å². The zero-order valence-electron chi connectivity index (χ0n) is 13.8. The van der Waals surface area contributed by atoms with E-state index in [1.165, 1.54) is 5.56 Å². The molecule has 0 fully saturated rings. The Bertz CT molecular complexity index is 596. The van der Waals surface area contributed by atoms with Crippen LogP contribution < -0.4 is 14.8 Å². The molecule has 0 spiro atoms. The molecule has 2 rings (SSSR count). The summed E-state index contributed by atoms with van der Waals surface area (Å²) in [7, 11) is 0. The molecule has 0 aliphatic heterocycles. The van der Waals surface area contributed by atoms with Gasteiger partial charge in [-0.3, -0.25) is 0 Å². The lowest BCUT2D eigenvalue weighted by atomic mass is 10.1. The molecule has 23 heavy (non-hydrogen) atoms. The van der Waals surface area contributed by atoms with Gasteiger partial charge in [-0.25, -0.2) is 0 Å². The van der Waals surface area contributed by atoms with Crippen molar-refractivity contribution in [1.29, 1.82) is 0 Å². The average Bonchev–Trinajstić information content (AvgIpc) is 2.55. The fraction of sp³-hybridized carbons (Fsp3) is 0.368. The lowest BCUT2D eigenvalue weighted by molar-refractivity contribution is 0.216. The van der Waals surface area contributed by atoms with Crippen LogP contribution in [0.5, 0.6) is 11.5 Å². The Hall–Kier alpha value is -2.04. The van der Waals surface area contributed by atoms with E-state index >= 15 is 0 Å². The van der Waals surface area contributed by atoms with E-state index in [-0.39, 0.29) is 6.61 Å². The number of aliphatic hydroxyl groups excluding tert-OH is 1. The fourth-order valence-corrected chi connectivity index (χ4v) is 2.29. The monoisotopic (exact) mass is 315 g/mol. The summed E-state index contributed by atoms with van der Waals surface area (Å²) >= 11 is 0. The molecular formula is C19H25NO3. The van der Waals surface area contributed by atoms with Gasteiger partial charge in [-0.15, -0.1) is 0 Å². The maximum Gasteiger partial charge on any atom is 0.122 e. The van der Waals surface area contributed by atoms with Gasteiger partial charge in [0.2, 0.25) is 0 Å². The molecule has 0 bridgehead atoms. The Morgan fingerprint density at radius 1 is 0.957 bits per heavy atom. The van der Waals surface area contributed by atoms with Crippen LogP contribution in [0.4, 0.5) is 0 Å². The Morgan fingerprint density at radius 3 is 2.39 bits per heavy atom. The number of aryl methyl sites for hydroxylation is 2. The highest BCUT2D eigenvalue weighted by atomic mass is 16.5. The Kier molecular flexibility index (Phi) is 6.91. The second kappa shape index (κ2) is 9.18. The van der Waals surface area contributed by atoms with E-state index in [1.54, 1.807) is 0 Å². The van der Waals surface area contributed by atoms with Gasteiger partial charge < -0.3 is 19.9 Å². The third-order valence-electron chi connectivity index (χ3n) is 3.48. The van der Waals surface area contributed by atoms with Crippen molar-refractivity contribution in [2.75, 3.05) is 26.4 Å². The van der Waals surface area contributed by atoms with Gasteiger partial charge in [0.05, 0.1) is 6.61 Å². The van der Waals surface area contributed by atoms with Crippen molar-refractivity contribution < 1.29 is 14.6 Å². The molecule has 0 saturated carbocycles. The Balaban J connectivity index is 1.71.